The molecule has 8 heteroatoms. The molecule has 0 atom stereocenters. The minimum Gasteiger partial charge on any atom is -0.452 e. The van der Waals surface area contributed by atoms with E-state index in [0.717, 1.165) is 16.0 Å². The molecule has 0 saturated carbocycles. The van der Waals surface area contributed by atoms with Crippen molar-refractivity contribution in [2.24, 2.45) is 0 Å². The molecule has 0 aliphatic carbocycles. The van der Waals surface area contributed by atoms with Crippen LogP contribution >= 0.6 is 11.3 Å². The summed E-state index contributed by atoms with van der Waals surface area (Å²) in [7, 11) is -3.28. The highest BCUT2D eigenvalue weighted by atomic mass is 32.2. The van der Waals surface area contributed by atoms with Gasteiger partial charge in [-0.15, -0.1) is 11.3 Å². The molecular weight excluding hydrogens is 350 g/mol. The number of rotatable bonds is 5. The Labute approximate surface area is 144 Å². The second kappa shape index (κ2) is 7.14. The molecule has 1 aromatic carbocycles. The quantitative estimate of drug-likeness (QED) is 0.821. The van der Waals surface area contributed by atoms with E-state index in [-0.39, 0.29) is 4.90 Å². The van der Waals surface area contributed by atoms with Crippen LogP contribution in [0.15, 0.2) is 35.2 Å². The van der Waals surface area contributed by atoms with E-state index in [0.29, 0.717) is 11.3 Å². The largest absolute Gasteiger partial charge is 0.452 e. The average molecular weight is 367 g/mol. The van der Waals surface area contributed by atoms with Crippen molar-refractivity contribution in [3.8, 4) is 0 Å². The molecule has 1 amide bonds. The van der Waals surface area contributed by atoms with Gasteiger partial charge in [-0.3, -0.25) is 4.79 Å². The molecule has 0 radical (unpaired) electrons. The van der Waals surface area contributed by atoms with Gasteiger partial charge in [0.25, 0.3) is 5.91 Å². The second-order valence-corrected chi connectivity index (χ2v) is 8.72. The number of amides is 1. The first-order valence-corrected chi connectivity index (χ1v) is 9.72. The number of nitrogens with one attached hydrogen (secondary N) is 1. The number of hydrogen-bond donors (Lipinski definition) is 1. The van der Waals surface area contributed by atoms with Crippen LogP contribution in [0, 0.1) is 13.8 Å². The molecule has 0 spiro atoms. The van der Waals surface area contributed by atoms with Crippen molar-refractivity contribution < 1.29 is 22.7 Å². The fourth-order valence-electron chi connectivity index (χ4n) is 2.02. The summed E-state index contributed by atoms with van der Waals surface area (Å²) in [5, 5.41) is 2.54. The summed E-state index contributed by atoms with van der Waals surface area (Å²) in [5.74, 6) is -1.04. The third-order valence-electron chi connectivity index (χ3n) is 3.16. The van der Waals surface area contributed by atoms with Crippen molar-refractivity contribution in [2.45, 2.75) is 18.7 Å². The van der Waals surface area contributed by atoms with Gasteiger partial charge in [-0.05, 0) is 44.2 Å². The zero-order valence-electron chi connectivity index (χ0n) is 13.5. The normalized spacial score (nSPS) is 11.1. The molecule has 0 bridgehead atoms. The Hall–Kier alpha value is -2.19. The molecule has 1 N–H and O–H groups in total. The van der Waals surface area contributed by atoms with Crippen LogP contribution in [0.3, 0.4) is 0 Å². The summed E-state index contributed by atoms with van der Waals surface area (Å²) in [4.78, 5) is 25.7. The van der Waals surface area contributed by atoms with Crippen LogP contribution in [0.5, 0.6) is 0 Å². The van der Waals surface area contributed by atoms with Gasteiger partial charge in [-0.25, -0.2) is 13.2 Å². The van der Waals surface area contributed by atoms with E-state index in [1.807, 2.05) is 13.8 Å². The maximum absolute atomic E-state index is 11.9. The maximum atomic E-state index is 11.9. The summed E-state index contributed by atoms with van der Waals surface area (Å²) in [5.41, 5.74) is 0.883. The minimum atomic E-state index is -3.28. The number of benzene rings is 1. The molecule has 1 heterocycles. The van der Waals surface area contributed by atoms with Gasteiger partial charge in [0.15, 0.2) is 16.4 Å². The smallest absolute Gasteiger partial charge is 0.339 e. The first kappa shape index (κ1) is 18.2. The van der Waals surface area contributed by atoms with Gasteiger partial charge in [-0.1, -0.05) is 0 Å². The minimum absolute atomic E-state index is 0.162. The molecule has 0 saturated heterocycles. The van der Waals surface area contributed by atoms with E-state index in [9.17, 15) is 18.0 Å². The molecule has 2 rings (SSSR count). The number of carbonyl (C=O) groups excluding carboxylic acids is 2. The summed E-state index contributed by atoms with van der Waals surface area (Å²) in [6.07, 6.45) is 1.11. The van der Waals surface area contributed by atoms with Crippen LogP contribution in [-0.4, -0.2) is 33.2 Å². The average Bonchev–Trinajstić information content (AvgIpc) is 2.83. The van der Waals surface area contributed by atoms with Gasteiger partial charge in [0.05, 0.1) is 10.5 Å². The van der Waals surface area contributed by atoms with Crippen LogP contribution in [-0.2, 0) is 19.4 Å². The number of anilines is 1. The van der Waals surface area contributed by atoms with Crippen LogP contribution in [0.1, 0.15) is 20.1 Å². The maximum Gasteiger partial charge on any atom is 0.339 e. The number of thiophene rings is 1. The monoisotopic (exact) mass is 367 g/mol. The SMILES string of the molecule is Cc1cc(C(=O)OCC(=O)Nc2ccc(S(C)(=O)=O)cc2)c(C)s1. The van der Waals surface area contributed by atoms with Crippen LogP contribution in [0.4, 0.5) is 5.69 Å². The summed E-state index contributed by atoms with van der Waals surface area (Å²) >= 11 is 1.49. The van der Waals surface area contributed by atoms with Crippen molar-refractivity contribution >= 4 is 38.7 Å². The first-order valence-electron chi connectivity index (χ1n) is 7.01. The molecule has 6 nitrogen and oxygen atoms in total. The van der Waals surface area contributed by atoms with Crippen molar-refractivity contribution in [3.05, 3.63) is 45.6 Å². The van der Waals surface area contributed by atoms with Crippen molar-refractivity contribution in [3.63, 3.8) is 0 Å². The van der Waals surface area contributed by atoms with E-state index >= 15 is 0 Å². The van der Waals surface area contributed by atoms with Gasteiger partial charge in [-0.2, -0.15) is 0 Å². The third kappa shape index (κ3) is 4.65. The Morgan fingerprint density at radius 2 is 1.79 bits per heavy atom. The Balaban J connectivity index is 1.91. The predicted octanol–water partition coefficient (Wildman–Crippen LogP) is 2.56. The highest BCUT2D eigenvalue weighted by molar-refractivity contribution is 7.90. The summed E-state index contributed by atoms with van der Waals surface area (Å²) in [6.45, 7) is 3.29. The Morgan fingerprint density at radius 3 is 2.29 bits per heavy atom. The van der Waals surface area contributed by atoms with E-state index in [1.54, 1.807) is 6.07 Å². The number of ether oxygens (including phenoxy) is 1. The fraction of sp³-hybridized carbons (Fsp3) is 0.250. The zero-order valence-corrected chi connectivity index (χ0v) is 15.1. The van der Waals surface area contributed by atoms with Crippen LogP contribution < -0.4 is 5.32 Å². The number of hydrogen-bond acceptors (Lipinski definition) is 6. The lowest BCUT2D eigenvalue weighted by Gasteiger charge is -2.07. The molecule has 0 fully saturated rings. The van der Waals surface area contributed by atoms with Crippen molar-refractivity contribution in [2.75, 3.05) is 18.2 Å². The topological polar surface area (TPSA) is 89.5 Å². The number of esters is 1. The van der Waals surface area contributed by atoms with Gasteiger partial charge in [0, 0.05) is 21.7 Å². The Morgan fingerprint density at radius 1 is 1.17 bits per heavy atom. The summed E-state index contributed by atoms with van der Waals surface area (Å²) in [6, 6.07) is 7.47. The number of carbonyl (C=O) groups is 2. The zero-order chi connectivity index (χ0) is 17.9. The second-order valence-electron chi connectivity index (χ2n) is 5.25. The van der Waals surface area contributed by atoms with E-state index in [2.05, 4.69) is 5.32 Å². The molecular formula is C16H17NO5S2. The van der Waals surface area contributed by atoms with Crippen molar-refractivity contribution in [1.82, 2.24) is 0 Å². The molecule has 128 valence electrons. The highest BCUT2D eigenvalue weighted by Gasteiger charge is 2.15. The van der Waals surface area contributed by atoms with E-state index in [4.69, 9.17) is 4.74 Å². The molecule has 0 aliphatic rings. The van der Waals surface area contributed by atoms with Gasteiger partial charge >= 0.3 is 5.97 Å². The molecule has 24 heavy (non-hydrogen) atoms. The highest BCUT2D eigenvalue weighted by Crippen LogP contribution is 2.21. The predicted molar refractivity (Wildman–Crippen MR) is 92.3 cm³/mol. The standard InChI is InChI=1S/C16H17NO5S2/c1-10-8-14(11(2)23-10)16(19)22-9-15(18)17-12-4-6-13(7-5-12)24(3,20)21/h4-8H,9H2,1-3H3,(H,17,18). The third-order valence-corrected chi connectivity index (χ3v) is 5.26. The summed E-state index contributed by atoms with van der Waals surface area (Å²) < 4.78 is 27.7. The fourth-order valence-corrected chi connectivity index (χ4v) is 3.57. The molecule has 2 aromatic rings. The first-order chi connectivity index (χ1) is 11.2. The Bertz CT molecular complexity index is 866. The Kier molecular flexibility index (Phi) is 5.40. The lowest BCUT2D eigenvalue weighted by atomic mass is 10.2. The molecule has 0 aliphatic heterocycles. The van der Waals surface area contributed by atoms with Crippen LogP contribution in [0.2, 0.25) is 0 Å². The lowest BCUT2D eigenvalue weighted by molar-refractivity contribution is -0.119. The van der Waals surface area contributed by atoms with Crippen LogP contribution in [0.25, 0.3) is 0 Å². The molecule has 0 unspecified atom stereocenters. The number of aryl methyl sites for hydroxylation is 2. The van der Waals surface area contributed by atoms with Crippen molar-refractivity contribution in [1.29, 1.82) is 0 Å². The molecule has 1 aromatic heterocycles. The van der Waals surface area contributed by atoms with Gasteiger partial charge < -0.3 is 10.1 Å². The van der Waals surface area contributed by atoms with Gasteiger partial charge in [0.1, 0.15) is 0 Å². The van der Waals surface area contributed by atoms with E-state index < -0.39 is 28.3 Å². The lowest BCUT2D eigenvalue weighted by Crippen LogP contribution is -2.21. The van der Waals surface area contributed by atoms with E-state index in [1.165, 1.54) is 35.6 Å². The van der Waals surface area contributed by atoms with Gasteiger partial charge in [0.2, 0.25) is 0 Å². The number of sulfone groups is 1.